The molecule has 7 heteroatoms. The molecule has 3 heterocycles. The first-order chi connectivity index (χ1) is 11.5. The second-order valence-corrected chi connectivity index (χ2v) is 8.30. The molecule has 0 bridgehead atoms. The average molecular weight is 350 g/mol. The number of piperidine rings is 1. The van der Waals surface area contributed by atoms with E-state index in [0.29, 0.717) is 25.1 Å². The molecule has 0 saturated carbocycles. The lowest BCUT2D eigenvalue weighted by atomic mass is 9.94. The van der Waals surface area contributed by atoms with E-state index in [4.69, 9.17) is 9.15 Å². The minimum Gasteiger partial charge on any atom is -0.443 e. The molecule has 1 fully saturated rings. The molecule has 1 saturated heterocycles. The van der Waals surface area contributed by atoms with Gasteiger partial charge in [-0.1, -0.05) is 32.1 Å². The summed E-state index contributed by atoms with van der Waals surface area (Å²) < 4.78 is 11.4. The van der Waals surface area contributed by atoms with Gasteiger partial charge in [-0.15, -0.1) is 0 Å². The van der Waals surface area contributed by atoms with Crippen molar-refractivity contribution in [3.63, 3.8) is 0 Å². The molecule has 1 atom stereocenters. The van der Waals surface area contributed by atoms with Crippen molar-refractivity contribution in [2.75, 3.05) is 18.4 Å². The minimum atomic E-state index is -0.0303. The summed E-state index contributed by atoms with van der Waals surface area (Å²) in [6.45, 7) is 9.33. The molecular formula is C17H26N4O2S. The first-order valence-electron chi connectivity index (χ1n) is 8.45. The maximum Gasteiger partial charge on any atom is 0.220 e. The van der Waals surface area contributed by atoms with Gasteiger partial charge in [0.25, 0.3) is 0 Å². The van der Waals surface area contributed by atoms with E-state index in [1.54, 1.807) is 17.5 Å². The zero-order valence-electron chi connectivity index (χ0n) is 14.6. The highest BCUT2D eigenvalue weighted by atomic mass is 32.1. The molecule has 1 aliphatic rings. The lowest BCUT2D eigenvalue weighted by Crippen LogP contribution is -2.38. The van der Waals surface area contributed by atoms with Gasteiger partial charge in [0.05, 0.1) is 17.7 Å². The molecule has 1 aliphatic heterocycles. The monoisotopic (exact) mass is 350 g/mol. The van der Waals surface area contributed by atoms with Gasteiger partial charge >= 0.3 is 0 Å². The predicted octanol–water partition coefficient (Wildman–Crippen LogP) is 3.31. The van der Waals surface area contributed by atoms with Gasteiger partial charge in [-0.25, -0.2) is 9.97 Å². The largest absolute Gasteiger partial charge is 0.443 e. The van der Waals surface area contributed by atoms with Gasteiger partial charge in [0.2, 0.25) is 5.89 Å². The van der Waals surface area contributed by atoms with Gasteiger partial charge in [0.1, 0.15) is 12.4 Å². The predicted molar refractivity (Wildman–Crippen MR) is 95.3 cm³/mol. The SMILES string of the molecule is CC(C)(C)c1cnc(COCc2cnc(NC3CCCNC3)s2)o1. The fraction of sp³-hybridized carbons (Fsp3) is 0.647. The van der Waals surface area contributed by atoms with Crippen LogP contribution >= 0.6 is 11.3 Å². The Bertz CT molecular complexity index is 641. The van der Waals surface area contributed by atoms with E-state index >= 15 is 0 Å². The van der Waals surface area contributed by atoms with Crippen LogP contribution < -0.4 is 10.6 Å². The summed E-state index contributed by atoms with van der Waals surface area (Å²) >= 11 is 1.65. The molecule has 132 valence electrons. The fourth-order valence-corrected chi connectivity index (χ4v) is 3.38. The normalized spacial score (nSPS) is 18.7. The first-order valence-corrected chi connectivity index (χ1v) is 9.27. The summed E-state index contributed by atoms with van der Waals surface area (Å²) in [6.07, 6.45) is 6.06. The van der Waals surface area contributed by atoms with Crippen LogP contribution in [-0.2, 0) is 23.4 Å². The molecule has 2 aromatic heterocycles. The third-order valence-electron chi connectivity index (χ3n) is 3.94. The van der Waals surface area contributed by atoms with Crippen LogP contribution in [0.4, 0.5) is 5.13 Å². The van der Waals surface area contributed by atoms with Crippen LogP contribution in [0.2, 0.25) is 0 Å². The smallest absolute Gasteiger partial charge is 0.220 e. The Kier molecular flexibility index (Phi) is 5.53. The summed E-state index contributed by atoms with van der Waals surface area (Å²) in [4.78, 5) is 9.81. The van der Waals surface area contributed by atoms with Gasteiger partial charge < -0.3 is 19.8 Å². The summed E-state index contributed by atoms with van der Waals surface area (Å²) in [5.74, 6) is 1.50. The van der Waals surface area contributed by atoms with Crippen LogP contribution in [-0.4, -0.2) is 29.1 Å². The summed E-state index contributed by atoms with van der Waals surface area (Å²) in [7, 11) is 0. The number of anilines is 1. The Morgan fingerprint density at radius 3 is 2.92 bits per heavy atom. The topological polar surface area (TPSA) is 72.2 Å². The molecule has 24 heavy (non-hydrogen) atoms. The van der Waals surface area contributed by atoms with Gasteiger partial charge in [0, 0.05) is 24.2 Å². The molecule has 0 radical (unpaired) electrons. The maximum absolute atomic E-state index is 5.72. The number of nitrogens with one attached hydrogen (secondary N) is 2. The van der Waals surface area contributed by atoms with Crippen LogP contribution in [0, 0.1) is 0 Å². The van der Waals surface area contributed by atoms with E-state index < -0.39 is 0 Å². The van der Waals surface area contributed by atoms with Crippen molar-refractivity contribution in [1.82, 2.24) is 15.3 Å². The van der Waals surface area contributed by atoms with E-state index in [-0.39, 0.29) is 5.41 Å². The van der Waals surface area contributed by atoms with E-state index in [1.165, 1.54) is 12.8 Å². The standard InChI is InChI=1S/C17H26N4O2S/c1-17(2,3)14-9-19-15(23-14)11-22-10-13-8-20-16(24-13)21-12-5-4-6-18-7-12/h8-9,12,18H,4-7,10-11H2,1-3H3,(H,20,21). The first kappa shape index (κ1) is 17.4. The van der Waals surface area contributed by atoms with Crippen molar-refractivity contribution in [3.05, 3.63) is 28.9 Å². The number of aromatic nitrogens is 2. The summed E-state index contributed by atoms with van der Waals surface area (Å²) in [5.41, 5.74) is -0.0303. The van der Waals surface area contributed by atoms with Crippen LogP contribution in [0.25, 0.3) is 0 Å². The molecule has 3 rings (SSSR count). The van der Waals surface area contributed by atoms with Crippen LogP contribution in [0.3, 0.4) is 0 Å². The Labute approximate surface area is 147 Å². The van der Waals surface area contributed by atoms with Crippen LogP contribution in [0.1, 0.15) is 50.1 Å². The number of oxazole rings is 1. The number of rotatable bonds is 6. The molecule has 1 unspecified atom stereocenters. The third-order valence-corrected chi connectivity index (χ3v) is 4.84. The number of hydrogen-bond donors (Lipinski definition) is 2. The van der Waals surface area contributed by atoms with Gasteiger partial charge in [-0.2, -0.15) is 0 Å². The molecule has 0 amide bonds. The second kappa shape index (κ2) is 7.63. The van der Waals surface area contributed by atoms with Gasteiger partial charge in [0.15, 0.2) is 5.13 Å². The van der Waals surface area contributed by atoms with Gasteiger partial charge in [-0.3, -0.25) is 0 Å². The fourth-order valence-electron chi connectivity index (χ4n) is 2.55. The maximum atomic E-state index is 5.72. The second-order valence-electron chi connectivity index (χ2n) is 7.18. The number of nitrogens with zero attached hydrogens (tertiary/aromatic N) is 2. The number of ether oxygens (including phenoxy) is 1. The molecule has 0 aromatic carbocycles. The highest BCUT2D eigenvalue weighted by molar-refractivity contribution is 7.15. The van der Waals surface area contributed by atoms with E-state index in [0.717, 1.165) is 28.9 Å². The summed E-state index contributed by atoms with van der Waals surface area (Å²) in [6, 6.07) is 0.474. The van der Waals surface area contributed by atoms with E-state index in [1.807, 2.05) is 6.20 Å². The van der Waals surface area contributed by atoms with Crippen LogP contribution in [0.15, 0.2) is 16.8 Å². The Balaban J connectivity index is 1.44. The average Bonchev–Trinajstić information content (AvgIpc) is 3.18. The molecular weight excluding hydrogens is 324 g/mol. The molecule has 6 nitrogen and oxygen atoms in total. The van der Waals surface area contributed by atoms with E-state index in [2.05, 4.69) is 41.4 Å². The summed E-state index contributed by atoms with van der Waals surface area (Å²) in [5, 5.41) is 7.85. The van der Waals surface area contributed by atoms with Crippen LogP contribution in [0.5, 0.6) is 0 Å². The van der Waals surface area contributed by atoms with Crippen molar-refractivity contribution in [2.24, 2.45) is 0 Å². The minimum absolute atomic E-state index is 0.0303. The van der Waals surface area contributed by atoms with Crippen molar-refractivity contribution in [2.45, 2.75) is 58.3 Å². The highest BCUT2D eigenvalue weighted by Gasteiger charge is 2.19. The molecule has 2 N–H and O–H groups in total. The molecule has 0 aliphatic carbocycles. The van der Waals surface area contributed by atoms with Crippen molar-refractivity contribution in [3.8, 4) is 0 Å². The van der Waals surface area contributed by atoms with Crippen molar-refractivity contribution < 1.29 is 9.15 Å². The van der Waals surface area contributed by atoms with Crippen molar-refractivity contribution in [1.29, 1.82) is 0 Å². The Morgan fingerprint density at radius 1 is 1.33 bits per heavy atom. The molecule has 0 spiro atoms. The van der Waals surface area contributed by atoms with E-state index in [9.17, 15) is 0 Å². The lowest BCUT2D eigenvalue weighted by Gasteiger charge is -2.23. The zero-order valence-corrected chi connectivity index (χ0v) is 15.4. The van der Waals surface area contributed by atoms with Gasteiger partial charge in [-0.05, 0) is 19.4 Å². The number of thiazole rings is 1. The number of hydrogen-bond acceptors (Lipinski definition) is 7. The third kappa shape index (κ3) is 4.78. The van der Waals surface area contributed by atoms with Crippen molar-refractivity contribution >= 4 is 16.5 Å². The quantitative estimate of drug-likeness (QED) is 0.833. The molecule has 2 aromatic rings. The Hall–Kier alpha value is -1.44. The zero-order chi connectivity index (χ0) is 17.0. The lowest BCUT2D eigenvalue weighted by molar-refractivity contribution is 0.0895. The highest BCUT2D eigenvalue weighted by Crippen LogP contribution is 2.24. The Morgan fingerprint density at radius 2 is 2.21 bits per heavy atom.